The molecule has 0 aromatic carbocycles. The smallest absolute Gasteiger partial charge is 0.186 e. The van der Waals surface area contributed by atoms with Gasteiger partial charge in [-0.2, -0.15) is 0 Å². The number of halogens is 1. The second-order valence-corrected chi connectivity index (χ2v) is 3.80. The molecule has 1 heterocycles. The molecule has 0 unspecified atom stereocenters. The molecule has 3 nitrogen and oxygen atoms in total. The predicted molar refractivity (Wildman–Crippen MR) is 52.6 cm³/mol. The maximum Gasteiger partial charge on any atom is 0.186 e. The van der Waals surface area contributed by atoms with Crippen LogP contribution in [0.25, 0.3) is 0 Å². The van der Waals surface area contributed by atoms with Crippen molar-refractivity contribution in [3.05, 3.63) is 17.8 Å². The molecule has 76 valence electrons. The Labute approximate surface area is 82.8 Å². The first-order valence-corrected chi connectivity index (χ1v) is 4.98. The molecule has 4 heteroatoms. The van der Waals surface area contributed by atoms with Gasteiger partial charge in [0.15, 0.2) is 11.6 Å². The third-order valence-electron chi connectivity index (χ3n) is 2.63. The summed E-state index contributed by atoms with van der Waals surface area (Å²) < 4.78 is 13.6. The van der Waals surface area contributed by atoms with Gasteiger partial charge in [0.05, 0.1) is 5.69 Å². The summed E-state index contributed by atoms with van der Waals surface area (Å²) in [5.41, 5.74) is 0.482. The average Bonchev–Trinajstić information content (AvgIpc) is 2.86. The van der Waals surface area contributed by atoms with E-state index in [9.17, 15) is 4.39 Å². The zero-order valence-electron chi connectivity index (χ0n) is 8.42. The van der Waals surface area contributed by atoms with E-state index in [1.54, 1.807) is 0 Å². The summed E-state index contributed by atoms with van der Waals surface area (Å²) in [5, 5.41) is 3.08. The fourth-order valence-corrected chi connectivity index (χ4v) is 1.45. The van der Waals surface area contributed by atoms with E-state index in [0.717, 1.165) is 6.42 Å². The van der Waals surface area contributed by atoms with Gasteiger partial charge in [-0.15, -0.1) is 0 Å². The van der Waals surface area contributed by atoms with Crippen molar-refractivity contribution < 1.29 is 4.39 Å². The normalized spacial score (nSPS) is 24.8. The number of aromatic nitrogens is 2. The molecule has 2 rings (SSSR count). The van der Waals surface area contributed by atoms with Gasteiger partial charge >= 0.3 is 0 Å². The second-order valence-electron chi connectivity index (χ2n) is 3.80. The van der Waals surface area contributed by atoms with Gasteiger partial charge in [0.1, 0.15) is 6.33 Å². The van der Waals surface area contributed by atoms with Crippen LogP contribution in [0.2, 0.25) is 0 Å². The van der Waals surface area contributed by atoms with Crippen LogP contribution in [0.3, 0.4) is 0 Å². The Kier molecular flexibility index (Phi) is 2.35. The van der Waals surface area contributed by atoms with E-state index in [-0.39, 0.29) is 5.82 Å². The van der Waals surface area contributed by atoms with Crippen molar-refractivity contribution in [3.8, 4) is 0 Å². The van der Waals surface area contributed by atoms with Gasteiger partial charge in [-0.1, -0.05) is 13.8 Å². The monoisotopic (exact) mass is 195 g/mol. The summed E-state index contributed by atoms with van der Waals surface area (Å²) in [6.07, 6.45) is 3.12. The van der Waals surface area contributed by atoms with E-state index in [1.807, 2.05) is 6.92 Å². The molecule has 0 saturated heterocycles. The molecule has 1 N–H and O–H groups in total. The van der Waals surface area contributed by atoms with E-state index >= 15 is 0 Å². The largest absolute Gasteiger partial charge is 0.365 e. The highest BCUT2D eigenvalue weighted by atomic mass is 19.1. The third-order valence-corrected chi connectivity index (χ3v) is 2.63. The molecule has 0 bridgehead atoms. The highest BCUT2D eigenvalue weighted by Crippen LogP contribution is 2.32. The quantitative estimate of drug-likeness (QED) is 0.801. The Morgan fingerprint density at radius 2 is 2.29 bits per heavy atom. The van der Waals surface area contributed by atoms with Crippen molar-refractivity contribution >= 4 is 5.82 Å². The first-order chi connectivity index (χ1) is 6.72. The third kappa shape index (κ3) is 1.69. The van der Waals surface area contributed by atoms with Crippen molar-refractivity contribution in [3.63, 3.8) is 0 Å². The molecule has 2 atom stereocenters. The Morgan fingerprint density at radius 1 is 1.57 bits per heavy atom. The van der Waals surface area contributed by atoms with E-state index in [1.165, 1.54) is 6.33 Å². The second kappa shape index (κ2) is 3.52. The van der Waals surface area contributed by atoms with Gasteiger partial charge in [-0.3, -0.25) is 0 Å². The average molecular weight is 195 g/mol. The van der Waals surface area contributed by atoms with Crippen LogP contribution in [0.4, 0.5) is 10.2 Å². The summed E-state index contributed by atoms with van der Waals surface area (Å²) in [5.74, 6) is 0.690. The van der Waals surface area contributed by atoms with Crippen LogP contribution < -0.4 is 5.32 Å². The molecular formula is C10H14FN3. The number of anilines is 1. The van der Waals surface area contributed by atoms with Crippen molar-refractivity contribution in [1.82, 2.24) is 9.97 Å². The van der Waals surface area contributed by atoms with Crippen molar-refractivity contribution in [2.45, 2.75) is 32.7 Å². The SMILES string of the molecule is CCc1ncnc(N[C@@H]2C[C@H]2C)c1F. The lowest BCUT2D eigenvalue weighted by Crippen LogP contribution is -2.09. The van der Waals surface area contributed by atoms with E-state index in [2.05, 4.69) is 22.2 Å². The van der Waals surface area contributed by atoms with Gasteiger partial charge < -0.3 is 5.32 Å². The van der Waals surface area contributed by atoms with Crippen LogP contribution in [0.5, 0.6) is 0 Å². The van der Waals surface area contributed by atoms with E-state index < -0.39 is 0 Å². The zero-order chi connectivity index (χ0) is 10.1. The summed E-state index contributed by atoms with van der Waals surface area (Å²) in [7, 11) is 0. The summed E-state index contributed by atoms with van der Waals surface area (Å²) >= 11 is 0. The minimum absolute atomic E-state index is 0.297. The van der Waals surface area contributed by atoms with Crippen LogP contribution in [-0.4, -0.2) is 16.0 Å². The van der Waals surface area contributed by atoms with Gasteiger partial charge in [-0.05, 0) is 18.8 Å². The lowest BCUT2D eigenvalue weighted by molar-refractivity contribution is 0.596. The number of hydrogen-bond acceptors (Lipinski definition) is 3. The molecule has 1 aromatic rings. The van der Waals surface area contributed by atoms with Crippen LogP contribution in [-0.2, 0) is 6.42 Å². The summed E-state index contributed by atoms with van der Waals surface area (Å²) in [6, 6.07) is 0.393. The number of aryl methyl sites for hydroxylation is 1. The summed E-state index contributed by atoms with van der Waals surface area (Å²) in [4.78, 5) is 7.78. The van der Waals surface area contributed by atoms with E-state index in [0.29, 0.717) is 29.9 Å². The Balaban J connectivity index is 2.16. The predicted octanol–water partition coefficient (Wildman–Crippen LogP) is 2.00. The van der Waals surface area contributed by atoms with Crippen LogP contribution >= 0.6 is 0 Å². The fraction of sp³-hybridized carbons (Fsp3) is 0.600. The van der Waals surface area contributed by atoms with Gasteiger partial charge in [0.2, 0.25) is 0 Å². The minimum Gasteiger partial charge on any atom is -0.365 e. The lowest BCUT2D eigenvalue weighted by Gasteiger charge is -2.06. The van der Waals surface area contributed by atoms with Crippen LogP contribution in [0.15, 0.2) is 6.33 Å². The number of nitrogens with zero attached hydrogens (tertiary/aromatic N) is 2. The van der Waals surface area contributed by atoms with Crippen LogP contribution in [0, 0.1) is 11.7 Å². The molecule has 14 heavy (non-hydrogen) atoms. The first kappa shape index (κ1) is 9.37. The Morgan fingerprint density at radius 3 is 2.86 bits per heavy atom. The molecule has 1 saturated carbocycles. The van der Waals surface area contributed by atoms with Gasteiger partial charge in [-0.25, -0.2) is 14.4 Å². The van der Waals surface area contributed by atoms with E-state index in [4.69, 9.17) is 0 Å². The molecule has 1 aliphatic carbocycles. The molecule has 0 aliphatic heterocycles. The fourth-order valence-electron chi connectivity index (χ4n) is 1.45. The lowest BCUT2D eigenvalue weighted by atomic mass is 10.3. The van der Waals surface area contributed by atoms with Gasteiger partial charge in [0.25, 0.3) is 0 Å². The number of nitrogens with one attached hydrogen (secondary N) is 1. The Hall–Kier alpha value is -1.19. The highest BCUT2D eigenvalue weighted by Gasteiger charge is 2.33. The van der Waals surface area contributed by atoms with Crippen LogP contribution in [0.1, 0.15) is 26.0 Å². The number of rotatable bonds is 3. The molecule has 0 spiro atoms. The molecular weight excluding hydrogens is 181 g/mol. The molecule has 1 aromatic heterocycles. The molecule has 1 aliphatic rings. The standard InChI is InChI=1S/C10H14FN3/c1-3-7-9(11)10(13-5-12-7)14-8-4-6(8)2/h5-6,8H,3-4H2,1-2H3,(H,12,13,14)/t6-,8-/m1/s1. The van der Waals surface area contributed by atoms with Crippen molar-refractivity contribution in [2.75, 3.05) is 5.32 Å². The first-order valence-electron chi connectivity index (χ1n) is 4.98. The van der Waals surface area contributed by atoms with Crippen molar-refractivity contribution in [1.29, 1.82) is 0 Å². The number of hydrogen-bond donors (Lipinski definition) is 1. The maximum atomic E-state index is 13.6. The molecule has 1 fully saturated rings. The summed E-state index contributed by atoms with van der Waals surface area (Å²) in [6.45, 7) is 4.02. The zero-order valence-corrected chi connectivity index (χ0v) is 8.42. The van der Waals surface area contributed by atoms with Crippen molar-refractivity contribution in [2.24, 2.45) is 5.92 Å². The highest BCUT2D eigenvalue weighted by molar-refractivity contribution is 5.40. The topological polar surface area (TPSA) is 37.8 Å². The van der Waals surface area contributed by atoms with Gasteiger partial charge in [0, 0.05) is 6.04 Å². The maximum absolute atomic E-state index is 13.6. The Bertz CT molecular complexity index is 340. The molecule has 0 amide bonds. The molecule has 0 radical (unpaired) electrons. The minimum atomic E-state index is -0.297.